The van der Waals surface area contributed by atoms with E-state index in [9.17, 15) is 19.2 Å². The summed E-state index contributed by atoms with van der Waals surface area (Å²) >= 11 is 0. The lowest BCUT2D eigenvalue weighted by Crippen LogP contribution is -2.53. The standard InChI is InChI=1S/C24H29NO8/c1-4-30-23(29)25-11-10-24-9-5-6-18(28)22(24)33-21-19(32-15(3)27)8-7-16(20(21)24)12-17(25)13-31-14(2)26/h7-8,17,22H,4-6,9-13H2,1-3H3/t17-,22?,24?/m1/s1. The van der Waals surface area contributed by atoms with E-state index in [2.05, 4.69) is 0 Å². The van der Waals surface area contributed by atoms with Gasteiger partial charge in [-0.3, -0.25) is 14.4 Å². The summed E-state index contributed by atoms with van der Waals surface area (Å²) in [6, 6.07) is 3.05. The monoisotopic (exact) mass is 459 g/mol. The number of Topliss-reactive ketones (excluding diaryl/α,β-unsaturated/α-hetero) is 1. The van der Waals surface area contributed by atoms with E-state index in [1.54, 1.807) is 17.9 Å². The van der Waals surface area contributed by atoms with Crippen LogP contribution in [0.25, 0.3) is 0 Å². The molecule has 178 valence electrons. The molecule has 3 aliphatic rings. The van der Waals surface area contributed by atoms with Crippen LogP contribution >= 0.6 is 0 Å². The number of benzene rings is 1. The minimum atomic E-state index is -0.689. The van der Waals surface area contributed by atoms with E-state index in [1.807, 2.05) is 6.07 Å². The third-order valence-corrected chi connectivity index (χ3v) is 6.71. The van der Waals surface area contributed by atoms with Gasteiger partial charge in [0, 0.05) is 37.8 Å². The molecule has 0 N–H and O–H groups in total. The molecule has 1 aromatic carbocycles. The number of esters is 2. The average Bonchev–Trinajstić information content (AvgIpc) is 3.09. The van der Waals surface area contributed by atoms with Crippen LogP contribution in [0, 0.1) is 0 Å². The topological polar surface area (TPSA) is 108 Å². The molecule has 1 spiro atoms. The Hall–Kier alpha value is -3.10. The maximum absolute atomic E-state index is 12.9. The van der Waals surface area contributed by atoms with Crippen molar-refractivity contribution in [1.82, 2.24) is 4.90 Å². The van der Waals surface area contributed by atoms with E-state index in [-0.39, 0.29) is 19.0 Å². The van der Waals surface area contributed by atoms with Gasteiger partial charge in [0.25, 0.3) is 0 Å². The van der Waals surface area contributed by atoms with Crippen molar-refractivity contribution in [2.45, 2.75) is 70.4 Å². The SMILES string of the molecule is CCOC(=O)N1CCC23CCCC(=O)C2Oc2c(OC(C)=O)ccc(c23)C[C@@H]1COC(C)=O. The first-order chi connectivity index (χ1) is 15.8. The number of nitrogens with zero attached hydrogens (tertiary/aromatic N) is 1. The first-order valence-corrected chi connectivity index (χ1v) is 11.4. The predicted molar refractivity (Wildman–Crippen MR) is 115 cm³/mol. The normalized spacial score (nSPS) is 25.7. The number of rotatable bonds is 4. The maximum atomic E-state index is 12.9. The van der Waals surface area contributed by atoms with Crippen molar-refractivity contribution < 1.29 is 38.1 Å². The smallest absolute Gasteiger partial charge is 0.410 e. The van der Waals surface area contributed by atoms with E-state index < -0.39 is 35.6 Å². The zero-order valence-corrected chi connectivity index (χ0v) is 19.2. The molecule has 9 heteroatoms. The van der Waals surface area contributed by atoms with Crippen LogP contribution in [0.5, 0.6) is 11.5 Å². The Balaban J connectivity index is 1.82. The molecule has 2 unspecified atom stereocenters. The second kappa shape index (κ2) is 9.03. The predicted octanol–water partition coefficient (Wildman–Crippen LogP) is 2.70. The molecule has 2 heterocycles. The average molecular weight is 459 g/mol. The molecule has 0 bridgehead atoms. The molecule has 0 saturated heterocycles. The van der Waals surface area contributed by atoms with Crippen molar-refractivity contribution in [2.24, 2.45) is 0 Å². The van der Waals surface area contributed by atoms with Crippen LogP contribution in [0.2, 0.25) is 0 Å². The molecule has 9 nitrogen and oxygen atoms in total. The third kappa shape index (κ3) is 4.16. The summed E-state index contributed by atoms with van der Waals surface area (Å²) in [5.41, 5.74) is 1.13. The number of ketones is 1. The number of hydrogen-bond acceptors (Lipinski definition) is 8. The summed E-state index contributed by atoms with van der Waals surface area (Å²) in [7, 11) is 0. The Bertz CT molecular complexity index is 989. The summed E-state index contributed by atoms with van der Waals surface area (Å²) in [6.07, 6.45) is 1.54. The van der Waals surface area contributed by atoms with Crippen LogP contribution in [0.3, 0.4) is 0 Å². The third-order valence-electron chi connectivity index (χ3n) is 6.71. The molecular weight excluding hydrogens is 430 g/mol. The molecular formula is C24H29NO8. The van der Waals surface area contributed by atoms with E-state index in [4.69, 9.17) is 18.9 Å². The van der Waals surface area contributed by atoms with Gasteiger partial charge in [0.15, 0.2) is 23.4 Å². The van der Waals surface area contributed by atoms with Crippen molar-refractivity contribution in [3.05, 3.63) is 23.3 Å². The van der Waals surface area contributed by atoms with Crippen LogP contribution in [-0.2, 0) is 35.7 Å². The summed E-state index contributed by atoms with van der Waals surface area (Å²) in [5.74, 6) is -0.177. The Morgan fingerprint density at radius 3 is 2.64 bits per heavy atom. The van der Waals surface area contributed by atoms with Gasteiger partial charge in [-0.05, 0) is 44.2 Å². The quantitative estimate of drug-likeness (QED) is 0.500. The van der Waals surface area contributed by atoms with E-state index >= 15 is 0 Å². The Kier molecular flexibility index (Phi) is 6.32. The highest BCUT2D eigenvalue weighted by molar-refractivity contribution is 5.88. The maximum Gasteiger partial charge on any atom is 0.410 e. The van der Waals surface area contributed by atoms with Crippen molar-refractivity contribution in [3.63, 3.8) is 0 Å². The van der Waals surface area contributed by atoms with Gasteiger partial charge in [0.1, 0.15) is 6.61 Å². The van der Waals surface area contributed by atoms with E-state index in [0.717, 1.165) is 17.5 Å². The van der Waals surface area contributed by atoms with Crippen molar-refractivity contribution in [3.8, 4) is 11.5 Å². The molecule has 33 heavy (non-hydrogen) atoms. The van der Waals surface area contributed by atoms with Gasteiger partial charge in [-0.15, -0.1) is 0 Å². The summed E-state index contributed by atoms with van der Waals surface area (Å²) in [5, 5.41) is 0. The Morgan fingerprint density at radius 1 is 1.15 bits per heavy atom. The number of amides is 1. The molecule has 1 aromatic rings. The summed E-state index contributed by atoms with van der Waals surface area (Å²) in [4.78, 5) is 50.6. The van der Waals surface area contributed by atoms with Crippen molar-refractivity contribution >= 4 is 23.8 Å². The highest BCUT2D eigenvalue weighted by Gasteiger charge is 2.56. The lowest BCUT2D eigenvalue weighted by Gasteiger charge is -2.42. The highest BCUT2D eigenvalue weighted by atomic mass is 16.6. The van der Waals surface area contributed by atoms with Crippen LogP contribution in [0.1, 0.15) is 57.6 Å². The van der Waals surface area contributed by atoms with Gasteiger partial charge in [-0.1, -0.05) is 6.07 Å². The Labute approximate surface area is 192 Å². The van der Waals surface area contributed by atoms with Gasteiger partial charge in [-0.2, -0.15) is 0 Å². The number of hydrogen-bond donors (Lipinski definition) is 0. The number of carbonyl (C=O) groups excluding carboxylic acids is 4. The molecule has 0 aromatic heterocycles. The molecule has 3 atom stereocenters. The second-order valence-corrected chi connectivity index (χ2v) is 8.80. The zero-order valence-electron chi connectivity index (χ0n) is 19.2. The largest absolute Gasteiger partial charge is 0.477 e. The van der Waals surface area contributed by atoms with Crippen LogP contribution in [0.4, 0.5) is 4.79 Å². The van der Waals surface area contributed by atoms with Gasteiger partial charge < -0.3 is 23.8 Å². The zero-order chi connectivity index (χ0) is 23.8. The van der Waals surface area contributed by atoms with Crippen LogP contribution in [-0.4, -0.2) is 60.6 Å². The van der Waals surface area contributed by atoms with Crippen molar-refractivity contribution in [1.29, 1.82) is 0 Å². The molecule has 4 rings (SSSR count). The fourth-order valence-corrected chi connectivity index (χ4v) is 5.43. The molecule has 1 saturated carbocycles. The first-order valence-electron chi connectivity index (χ1n) is 11.4. The first kappa shape index (κ1) is 23.1. The number of ether oxygens (including phenoxy) is 4. The molecule has 2 aliphatic heterocycles. The second-order valence-electron chi connectivity index (χ2n) is 8.80. The van der Waals surface area contributed by atoms with Gasteiger partial charge in [-0.25, -0.2) is 4.79 Å². The van der Waals surface area contributed by atoms with E-state index in [0.29, 0.717) is 43.7 Å². The van der Waals surface area contributed by atoms with Crippen LogP contribution in [0.15, 0.2) is 12.1 Å². The van der Waals surface area contributed by atoms with Gasteiger partial charge in [0.05, 0.1) is 12.6 Å². The minimum Gasteiger partial charge on any atom is -0.477 e. The highest BCUT2D eigenvalue weighted by Crippen LogP contribution is 2.56. The van der Waals surface area contributed by atoms with Gasteiger partial charge in [0.2, 0.25) is 0 Å². The van der Waals surface area contributed by atoms with Crippen LogP contribution < -0.4 is 9.47 Å². The Morgan fingerprint density at radius 2 is 1.94 bits per heavy atom. The summed E-state index contributed by atoms with van der Waals surface area (Å²) < 4.78 is 22.2. The molecule has 1 aliphatic carbocycles. The lowest BCUT2D eigenvalue weighted by atomic mass is 9.64. The number of carbonyl (C=O) groups is 4. The molecule has 1 fully saturated rings. The van der Waals surface area contributed by atoms with E-state index in [1.165, 1.54) is 13.8 Å². The van der Waals surface area contributed by atoms with Gasteiger partial charge >= 0.3 is 18.0 Å². The lowest BCUT2D eigenvalue weighted by molar-refractivity contribution is -0.143. The summed E-state index contributed by atoms with van der Waals surface area (Å²) in [6.45, 7) is 4.93. The fourth-order valence-electron chi connectivity index (χ4n) is 5.43. The molecule has 0 radical (unpaired) electrons. The fraction of sp³-hybridized carbons (Fsp3) is 0.583. The minimum absolute atomic E-state index is 0.0110. The molecule has 1 amide bonds. The van der Waals surface area contributed by atoms with Crippen molar-refractivity contribution in [2.75, 3.05) is 19.8 Å².